The van der Waals surface area contributed by atoms with Crippen molar-refractivity contribution >= 4 is 23.3 Å². The molecule has 1 aromatic heterocycles. The van der Waals surface area contributed by atoms with Gasteiger partial charge in [0.25, 0.3) is 0 Å². The van der Waals surface area contributed by atoms with Gasteiger partial charge < -0.3 is 11.1 Å². The molecule has 1 saturated carbocycles. The Morgan fingerprint density at radius 3 is 2.88 bits per heavy atom. The summed E-state index contributed by atoms with van der Waals surface area (Å²) in [6, 6.07) is 1.60. The van der Waals surface area contributed by atoms with E-state index in [4.69, 9.17) is 17.3 Å². The average molecular weight is 255 g/mol. The van der Waals surface area contributed by atoms with Gasteiger partial charge in [0.1, 0.15) is 5.82 Å². The van der Waals surface area contributed by atoms with Gasteiger partial charge in [0.05, 0.1) is 0 Å². The van der Waals surface area contributed by atoms with Crippen LogP contribution in [0.1, 0.15) is 32.1 Å². The van der Waals surface area contributed by atoms with Crippen molar-refractivity contribution in [3.05, 3.63) is 17.5 Å². The second-order valence-electron chi connectivity index (χ2n) is 4.51. The van der Waals surface area contributed by atoms with E-state index in [1.807, 2.05) is 0 Å². The zero-order valence-electron chi connectivity index (χ0n) is 9.45. The second kappa shape index (κ2) is 4.98. The van der Waals surface area contributed by atoms with E-state index in [1.54, 1.807) is 6.07 Å². The van der Waals surface area contributed by atoms with Gasteiger partial charge in [-0.25, -0.2) is 9.97 Å². The SMILES string of the molecule is NC1(CC(=O)Nc2ccnc(Cl)n2)CCCC1. The fourth-order valence-corrected chi connectivity index (χ4v) is 2.31. The number of halogens is 1. The third-order valence-electron chi connectivity index (χ3n) is 3.01. The van der Waals surface area contributed by atoms with E-state index in [0.717, 1.165) is 25.7 Å². The summed E-state index contributed by atoms with van der Waals surface area (Å²) in [6.07, 6.45) is 5.84. The van der Waals surface area contributed by atoms with Crippen LogP contribution in [0.25, 0.3) is 0 Å². The predicted molar refractivity (Wildman–Crippen MR) is 65.7 cm³/mol. The van der Waals surface area contributed by atoms with Crippen molar-refractivity contribution < 1.29 is 4.79 Å². The first-order valence-corrected chi connectivity index (χ1v) is 6.02. The van der Waals surface area contributed by atoms with Crippen molar-refractivity contribution in [1.82, 2.24) is 9.97 Å². The number of carbonyl (C=O) groups is 1. The molecule has 0 spiro atoms. The molecule has 0 aliphatic heterocycles. The lowest BCUT2D eigenvalue weighted by atomic mass is 9.94. The molecule has 1 heterocycles. The van der Waals surface area contributed by atoms with Crippen LogP contribution in [0.2, 0.25) is 5.28 Å². The average Bonchev–Trinajstić information content (AvgIpc) is 2.64. The Bertz CT molecular complexity index is 418. The summed E-state index contributed by atoms with van der Waals surface area (Å²) in [4.78, 5) is 19.4. The molecule has 0 radical (unpaired) electrons. The molecule has 0 bridgehead atoms. The lowest BCUT2D eigenvalue weighted by molar-refractivity contribution is -0.117. The van der Waals surface area contributed by atoms with Gasteiger partial charge in [0.2, 0.25) is 11.2 Å². The van der Waals surface area contributed by atoms with Gasteiger partial charge in [-0.3, -0.25) is 4.79 Å². The number of hydrogen-bond acceptors (Lipinski definition) is 4. The van der Waals surface area contributed by atoms with Crippen molar-refractivity contribution in [2.75, 3.05) is 5.32 Å². The molecule has 0 atom stereocenters. The Balaban J connectivity index is 1.93. The quantitative estimate of drug-likeness (QED) is 0.805. The molecule has 17 heavy (non-hydrogen) atoms. The first-order chi connectivity index (χ1) is 8.07. The molecule has 1 fully saturated rings. The molecule has 1 amide bonds. The maximum absolute atomic E-state index is 11.8. The fraction of sp³-hybridized carbons (Fsp3) is 0.545. The molecule has 1 aromatic rings. The van der Waals surface area contributed by atoms with Gasteiger partial charge in [-0.05, 0) is 30.5 Å². The monoisotopic (exact) mass is 254 g/mol. The van der Waals surface area contributed by atoms with E-state index in [-0.39, 0.29) is 16.7 Å². The third-order valence-corrected chi connectivity index (χ3v) is 3.19. The standard InChI is InChI=1S/C11H15ClN4O/c12-10-14-6-3-8(16-10)15-9(17)7-11(13)4-1-2-5-11/h3,6H,1-2,4-5,7,13H2,(H,14,15,16,17). The molecule has 2 rings (SSSR count). The molecule has 5 nitrogen and oxygen atoms in total. The molecule has 92 valence electrons. The summed E-state index contributed by atoms with van der Waals surface area (Å²) in [5.41, 5.74) is 5.78. The van der Waals surface area contributed by atoms with Crippen molar-refractivity contribution in [1.29, 1.82) is 0 Å². The summed E-state index contributed by atoms with van der Waals surface area (Å²) in [5, 5.41) is 2.80. The van der Waals surface area contributed by atoms with E-state index in [9.17, 15) is 4.79 Å². The zero-order valence-corrected chi connectivity index (χ0v) is 10.2. The highest BCUT2D eigenvalue weighted by Gasteiger charge is 2.31. The van der Waals surface area contributed by atoms with Gasteiger partial charge in [-0.15, -0.1) is 0 Å². The number of amides is 1. The number of carbonyl (C=O) groups excluding carboxylic acids is 1. The van der Waals surface area contributed by atoms with E-state index in [0.29, 0.717) is 12.2 Å². The number of aromatic nitrogens is 2. The lowest BCUT2D eigenvalue weighted by Crippen LogP contribution is -2.40. The van der Waals surface area contributed by atoms with E-state index >= 15 is 0 Å². The minimum absolute atomic E-state index is 0.117. The van der Waals surface area contributed by atoms with E-state index in [1.165, 1.54) is 6.20 Å². The molecule has 0 unspecified atom stereocenters. The molecule has 1 aliphatic rings. The topological polar surface area (TPSA) is 80.9 Å². The smallest absolute Gasteiger partial charge is 0.227 e. The fourth-order valence-electron chi connectivity index (χ4n) is 2.17. The Labute approximate surface area is 105 Å². The maximum Gasteiger partial charge on any atom is 0.227 e. The van der Waals surface area contributed by atoms with Gasteiger partial charge in [0.15, 0.2) is 0 Å². The Morgan fingerprint density at radius 1 is 1.53 bits per heavy atom. The highest BCUT2D eigenvalue weighted by atomic mass is 35.5. The Hall–Kier alpha value is -1.20. The zero-order chi connectivity index (χ0) is 12.3. The number of nitrogens with two attached hydrogens (primary N) is 1. The van der Waals surface area contributed by atoms with Crippen LogP contribution >= 0.6 is 11.6 Å². The molecule has 6 heteroatoms. The van der Waals surface area contributed by atoms with Crippen LogP contribution in [0.15, 0.2) is 12.3 Å². The molecular weight excluding hydrogens is 240 g/mol. The molecule has 0 aromatic carbocycles. The van der Waals surface area contributed by atoms with Crippen LogP contribution in [-0.4, -0.2) is 21.4 Å². The van der Waals surface area contributed by atoms with Crippen LogP contribution in [0.4, 0.5) is 5.82 Å². The van der Waals surface area contributed by atoms with Crippen molar-refractivity contribution in [2.24, 2.45) is 5.73 Å². The first kappa shape index (κ1) is 12.3. The van der Waals surface area contributed by atoms with Gasteiger partial charge in [-0.2, -0.15) is 0 Å². The number of rotatable bonds is 3. The minimum Gasteiger partial charge on any atom is -0.325 e. The number of anilines is 1. The maximum atomic E-state index is 11.8. The number of nitrogens with zero attached hydrogens (tertiary/aromatic N) is 2. The number of nitrogens with one attached hydrogen (secondary N) is 1. The van der Waals surface area contributed by atoms with E-state index < -0.39 is 0 Å². The van der Waals surface area contributed by atoms with Gasteiger partial charge in [-0.1, -0.05) is 12.8 Å². The van der Waals surface area contributed by atoms with Crippen molar-refractivity contribution in [3.8, 4) is 0 Å². The summed E-state index contributed by atoms with van der Waals surface area (Å²) >= 11 is 5.63. The van der Waals surface area contributed by atoms with Crippen molar-refractivity contribution in [2.45, 2.75) is 37.6 Å². The highest BCUT2D eigenvalue weighted by molar-refractivity contribution is 6.28. The molecule has 1 aliphatic carbocycles. The van der Waals surface area contributed by atoms with Crippen LogP contribution in [0.5, 0.6) is 0 Å². The van der Waals surface area contributed by atoms with Crippen LogP contribution in [-0.2, 0) is 4.79 Å². The van der Waals surface area contributed by atoms with Crippen LogP contribution in [0.3, 0.4) is 0 Å². The molecule has 0 saturated heterocycles. The van der Waals surface area contributed by atoms with Crippen molar-refractivity contribution in [3.63, 3.8) is 0 Å². The Morgan fingerprint density at radius 2 is 2.24 bits per heavy atom. The summed E-state index contributed by atoms with van der Waals surface area (Å²) in [7, 11) is 0. The molecule has 3 N–H and O–H groups in total. The normalized spacial score (nSPS) is 18.0. The van der Waals surface area contributed by atoms with Gasteiger partial charge in [0, 0.05) is 18.2 Å². The molecular formula is C11H15ClN4O. The predicted octanol–water partition coefficient (Wildman–Crippen LogP) is 1.73. The van der Waals surface area contributed by atoms with Crippen LogP contribution < -0.4 is 11.1 Å². The number of hydrogen-bond donors (Lipinski definition) is 2. The summed E-state index contributed by atoms with van der Waals surface area (Å²) < 4.78 is 0. The summed E-state index contributed by atoms with van der Waals surface area (Å²) in [5.74, 6) is 0.292. The summed E-state index contributed by atoms with van der Waals surface area (Å²) in [6.45, 7) is 0. The minimum atomic E-state index is -0.346. The lowest BCUT2D eigenvalue weighted by Gasteiger charge is -2.22. The van der Waals surface area contributed by atoms with Gasteiger partial charge >= 0.3 is 0 Å². The largest absolute Gasteiger partial charge is 0.325 e. The van der Waals surface area contributed by atoms with Crippen LogP contribution in [0, 0.1) is 0 Å². The van der Waals surface area contributed by atoms with E-state index in [2.05, 4.69) is 15.3 Å². The second-order valence-corrected chi connectivity index (χ2v) is 4.84. The Kier molecular flexibility index (Phi) is 3.59. The third kappa shape index (κ3) is 3.38. The first-order valence-electron chi connectivity index (χ1n) is 5.65. The highest BCUT2D eigenvalue weighted by Crippen LogP contribution is 2.30.